The minimum Gasteiger partial charge on any atom is -0.496 e. The molecule has 4 heteroatoms. The maximum atomic E-state index is 13.2. The quantitative estimate of drug-likeness (QED) is 0.733. The van der Waals surface area contributed by atoms with Crippen LogP contribution in [0, 0.1) is 5.82 Å². The van der Waals surface area contributed by atoms with E-state index in [0.29, 0.717) is 5.75 Å². The molecule has 0 aliphatic rings. The maximum Gasteiger partial charge on any atom is 0.132 e. The first-order valence-electron chi connectivity index (χ1n) is 3.91. The molecule has 0 saturated heterocycles. The smallest absolute Gasteiger partial charge is 0.132 e. The van der Waals surface area contributed by atoms with E-state index in [1.165, 1.54) is 19.2 Å². The van der Waals surface area contributed by atoms with E-state index in [-0.39, 0.29) is 12.1 Å². The summed E-state index contributed by atoms with van der Waals surface area (Å²) in [6.07, 6.45) is -1.02. The van der Waals surface area contributed by atoms with Crippen LogP contribution in [0.5, 0.6) is 5.75 Å². The first kappa shape index (κ1) is 9.95. The van der Waals surface area contributed by atoms with Crippen LogP contribution in [0.1, 0.15) is 11.7 Å². The minimum absolute atomic E-state index is 0.0305. The summed E-state index contributed by atoms with van der Waals surface area (Å²) in [6, 6.07) is 4.36. The van der Waals surface area contributed by atoms with Gasteiger partial charge in [-0.15, -0.1) is 0 Å². The van der Waals surface area contributed by atoms with Gasteiger partial charge in [-0.25, -0.2) is 4.39 Å². The van der Waals surface area contributed by atoms with Crippen molar-refractivity contribution in [2.24, 2.45) is 5.73 Å². The van der Waals surface area contributed by atoms with Crippen LogP contribution < -0.4 is 10.5 Å². The van der Waals surface area contributed by atoms with Crippen molar-refractivity contribution in [1.82, 2.24) is 0 Å². The molecule has 3 nitrogen and oxygen atoms in total. The van der Waals surface area contributed by atoms with Crippen molar-refractivity contribution in [2.75, 3.05) is 13.7 Å². The van der Waals surface area contributed by atoms with Crippen LogP contribution >= 0.6 is 0 Å². The number of benzene rings is 1. The van der Waals surface area contributed by atoms with Crippen LogP contribution in [0.2, 0.25) is 0 Å². The van der Waals surface area contributed by atoms with Crippen LogP contribution in [0.15, 0.2) is 18.2 Å². The Morgan fingerprint density at radius 3 is 2.85 bits per heavy atom. The molecular formula is C9H12FNO2. The lowest BCUT2D eigenvalue weighted by molar-refractivity contribution is 0.177. The fourth-order valence-electron chi connectivity index (χ4n) is 1.14. The number of aliphatic hydroxyl groups excluding tert-OH is 1. The average Bonchev–Trinajstić information content (AvgIpc) is 2.16. The molecule has 0 amide bonds. The standard InChI is InChI=1S/C9H12FNO2/c1-13-8-4-2-3-6(10)9(8)7(12)5-11/h2-4,7,12H,5,11H2,1H3/t7-/m0/s1. The van der Waals surface area contributed by atoms with Gasteiger partial charge in [0.05, 0.1) is 18.8 Å². The lowest BCUT2D eigenvalue weighted by Crippen LogP contribution is -2.14. The fourth-order valence-corrected chi connectivity index (χ4v) is 1.14. The Bertz CT molecular complexity index is 291. The van der Waals surface area contributed by atoms with Crippen molar-refractivity contribution in [1.29, 1.82) is 0 Å². The second kappa shape index (κ2) is 4.20. The lowest BCUT2D eigenvalue weighted by Gasteiger charge is -2.13. The molecule has 1 atom stereocenters. The van der Waals surface area contributed by atoms with Crippen molar-refractivity contribution in [3.8, 4) is 5.75 Å². The van der Waals surface area contributed by atoms with Gasteiger partial charge in [0.15, 0.2) is 0 Å². The number of rotatable bonds is 3. The monoisotopic (exact) mass is 185 g/mol. The number of aliphatic hydroxyl groups is 1. The Labute approximate surface area is 75.9 Å². The van der Waals surface area contributed by atoms with Gasteiger partial charge in [-0.05, 0) is 12.1 Å². The summed E-state index contributed by atoms with van der Waals surface area (Å²) in [6.45, 7) is -0.0305. The molecule has 0 aliphatic carbocycles. The molecule has 0 heterocycles. The molecule has 1 aromatic carbocycles. The Morgan fingerprint density at radius 1 is 1.62 bits per heavy atom. The molecule has 72 valence electrons. The van der Waals surface area contributed by atoms with E-state index in [9.17, 15) is 9.50 Å². The van der Waals surface area contributed by atoms with Gasteiger partial charge in [0.25, 0.3) is 0 Å². The molecule has 0 unspecified atom stereocenters. The molecule has 3 N–H and O–H groups in total. The summed E-state index contributed by atoms with van der Waals surface area (Å²) < 4.78 is 18.1. The Balaban J connectivity index is 3.14. The predicted octanol–water partition coefficient (Wildman–Crippen LogP) is 0.826. The topological polar surface area (TPSA) is 55.5 Å². The van der Waals surface area contributed by atoms with E-state index in [2.05, 4.69) is 0 Å². The summed E-state index contributed by atoms with van der Waals surface area (Å²) in [5.74, 6) is -0.185. The Hall–Kier alpha value is -1.13. The van der Waals surface area contributed by atoms with Crippen molar-refractivity contribution in [3.05, 3.63) is 29.6 Å². The SMILES string of the molecule is COc1cccc(F)c1[C@@H](O)CN. The fraction of sp³-hybridized carbons (Fsp3) is 0.333. The summed E-state index contributed by atoms with van der Waals surface area (Å²) in [5.41, 5.74) is 5.34. The number of halogens is 1. The van der Waals surface area contributed by atoms with Gasteiger partial charge in [0.1, 0.15) is 11.6 Å². The molecule has 1 rings (SSSR count). The summed E-state index contributed by atoms with van der Waals surface area (Å²) in [4.78, 5) is 0. The summed E-state index contributed by atoms with van der Waals surface area (Å²) in [7, 11) is 1.42. The molecule has 0 spiro atoms. The third-order valence-electron chi connectivity index (χ3n) is 1.79. The number of methoxy groups -OCH3 is 1. The highest BCUT2D eigenvalue weighted by Gasteiger charge is 2.16. The number of hydrogen-bond donors (Lipinski definition) is 2. The van der Waals surface area contributed by atoms with E-state index in [1.807, 2.05) is 0 Å². The highest BCUT2D eigenvalue weighted by Crippen LogP contribution is 2.26. The molecule has 0 saturated carbocycles. The third kappa shape index (κ3) is 1.96. The summed E-state index contributed by atoms with van der Waals surface area (Å²) >= 11 is 0. The second-order valence-electron chi connectivity index (χ2n) is 2.61. The zero-order valence-corrected chi connectivity index (χ0v) is 7.33. The first-order valence-corrected chi connectivity index (χ1v) is 3.91. The van der Waals surface area contributed by atoms with Gasteiger partial charge >= 0.3 is 0 Å². The molecule has 13 heavy (non-hydrogen) atoms. The third-order valence-corrected chi connectivity index (χ3v) is 1.79. The highest BCUT2D eigenvalue weighted by atomic mass is 19.1. The van der Waals surface area contributed by atoms with Gasteiger partial charge in [0, 0.05) is 6.54 Å². The van der Waals surface area contributed by atoms with Gasteiger partial charge in [-0.2, -0.15) is 0 Å². The van der Waals surface area contributed by atoms with E-state index in [4.69, 9.17) is 10.5 Å². The predicted molar refractivity (Wildman–Crippen MR) is 47.0 cm³/mol. The van der Waals surface area contributed by atoms with Crippen molar-refractivity contribution in [2.45, 2.75) is 6.10 Å². The molecular weight excluding hydrogens is 173 g/mol. The molecule has 0 aromatic heterocycles. The van der Waals surface area contributed by atoms with E-state index >= 15 is 0 Å². The Kier molecular flexibility index (Phi) is 3.22. The maximum absolute atomic E-state index is 13.2. The molecule has 0 radical (unpaired) electrons. The van der Waals surface area contributed by atoms with Crippen LogP contribution in [-0.2, 0) is 0 Å². The zero-order valence-electron chi connectivity index (χ0n) is 7.33. The van der Waals surface area contributed by atoms with E-state index < -0.39 is 11.9 Å². The molecule has 0 aliphatic heterocycles. The van der Waals surface area contributed by atoms with Gasteiger partial charge in [-0.3, -0.25) is 0 Å². The van der Waals surface area contributed by atoms with Crippen LogP contribution in [-0.4, -0.2) is 18.8 Å². The van der Waals surface area contributed by atoms with Crippen molar-refractivity contribution < 1.29 is 14.2 Å². The van der Waals surface area contributed by atoms with E-state index in [0.717, 1.165) is 0 Å². The van der Waals surface area contributed by atoms with E-state index in [1.54, 1.807) is 6.07 Å². The van der Waals surface area contributed by atoms with Crippen LogP contribution in [0.3, 0.4) is 0 Å². The molecule has 0 bridgehead atoms. The average molecular weight is 185 g/mol. The summed E-state index contributed by atoms with van der Waals surface area (Å²) in [5, 5.41) is 9.38. The van der Waals surface area contributed by atoms with Crippen molar-refractivity contribution in [3.63, 3.8) is 0 Å². The van der Waals surface area contributed by atoms with Gasteiger partial charge in [-0.1, -0.05) is 6.07 Å². The minimum atomic E-state index is -1.02. The van der Waals surface area contributed by atoms with Crippen LogP contribution in [0.4, 0.5) is 4.39 Å². The number of hydrogen-bond acceptors (Lipinski definition) is 3. The number of ether oxygens (including phenoxy) is 1. The molecule has 1 aromatic rings. The number of nitrogens with two attached hydrogens (primary N) is 1. The lowest BCUT2D eigenvalue weighted by atomic mass is 10.1. The zero-order chi connectivity index (χ0) is 9.84. The van der Waals surface area contributed by atoms with Crippen LogP contribution in [0.25, 0.3) is 0 Å². The van der Waals surface area contributed by atoms with Gasteiger partial charge < -0.3 is 15.6 Å². The largest absolute Gasteiger partial charge is 0.496 e. The normalized spacial score (nSPS) is 12.6. The highest BCUT2D eigenvalue weighted by molar-refractivity contribution is 5.36. The van der Waals surface area contributed by atoms with Crippen molar-refractivity contribution >= 4 is 0 Å². The van der Waals surface area contributed by atoms with Gasteiger partial charge in [0.2, 0.25) is 0 Å². The first-order chi connectivity index (χ1) is 6.20. The second-order valence-corrected chi connectivity index (χ2v) is 2.61. The molecule has 0 fully saturated rings. The Morgan fingerprint density at radius 2 is 2.31 bits per heavy atom.